The van der Waals surface area contributed by atoms with Gasteiger partial charge in [0.15, 0.2) is 12.2 Å². The summed E-state index contributed by atoms with van der Waals surface area (Å²) < 4.78 is 0. The number of hydrogen-bond donors (Lipinski definition) is 4. The first-order chi connectivity index (χ1) is 24.0. The van der Waals surface area contributed by atoms with Gasteiger partial charge in [-0.2, -0.15) is 0 Å². The molecule has 0 spiro atoms. The number of rotatable bonds is 12. The first-order valence-corrected chi connectivity index (χ1v) is 18.0. The van der Waals surface area contributed by atoms with Gasteiger partial charge in [0.25, 0.3) is 11.8 Å². The number of nitrogens with one attached hydrogen (secondary N) is 2. The Bertz CT molecular complexity index is 1810. The van der Waals surface area contributed by atoms with E-state index in [0.29, 0.717) is 11.1 Å². The molecule has 6 nitrogen and oxygen atoms in total. The molecular weight excluding hydrogens is 707 g/mol. The van der Waals surface area contributed by atoms with E-state index in [0.717, 1.165) is 32.3 Å². The summed E-state index contributed by atoms with van der Waals surface area (Å²) in [5, 5.41) is 31.9. The van der Waals surface area contributed by atoms with E-state index in [2.05, 4.69) is 95.6 Å². The standard InChI is InChI=1S/C42H37N2O4P.BrH/c45-39(33-16-6-1-7-17-33)41(47)43-29-31-26-32(30-44-42(48)40(46)34-18-8-2-9-19-34)28-38(27-31)49(35-20-10-3-11-21-35,36-22-12-4-13-23-36)37-24-14-5-15-25-37;/h1-28,39-40,45-46H,29-30H2,(H-,43,44,47,48);1H/t39-,40-;/m0./s1. The van der Waals surface area contributed by atoms with Crippen molar-refractivity contribution in [2.75, 3.05) is 0 Å². The Morgan fingerprint density at radius 1 is 0.460 bits per heavy atom. The molecule has 0 bridgehead atoms. The summed E-state index contributed by atoms with van der Waals surface area (Å²) in [4.78, 5) is 26.3. The molecule has 0 saturated carbocycles. The monoisotopic (exact) mass is 744 g/mol. The van der Waals surface area contributed by atoms with Crippen molar-refractivity contribution in [3.63, 3.8) is 0 Å². The third-order valence-electron chi connectivity index (χ3n) is 8.52. The molecule has 0 fully saturated rings. The second kappa shape index (κ2) is 17.1. The van der Waals surface area contributed by atoms with E-state index in [1.165, 1.54) is 0 Å². The smallest absolute Gasteiger partial charge is 0.253 e. The maximum Gasteiger partial charge on any atom is 0.253 e. The normalized spacial score (nSPS) is 12.2. The minimum atomic E-state index is -2.51. The molecular formula is C42H38BrN2O4P. The molecule has 0 aliphatic rings. The van der Waals surface area contributed by atoms with Gasteiger partial charge in [-0.15, -0.1) is 0 Å². The fourth-order valence-electron chi connectivity index (χ4n) is 6.14. The van der Waals surface area contributed by atoms with Gasteiger partial charge in [-0.25, -0.2) is 0 Å². The third-order valence-corrected chi connectivity index (χ3v) is 12.8. The van der Waals surface area contributed by atoms with Gasteiger partial charge in [0, 0.05) is 13.1 Å². The predicted octanol–water partition coefficient (Wildman–Crippen LogP) is 2.01. The number of carbonyl (C=O) groups excluding carboxylic acids is 2. The molecule has 0 aromatic heterocycles. The molecule has 6 aromatic carbocycles. The first-order valence-electron chi connectivity index (χ1n) is 16.2. The molecule has 2 amide bonds. The minimum absolute atomic E-state index is 0. The van der Waals surface area contributed by atoms with Crippen molar-refractivity contribution >= 4 is 40.3 Å². The number of aliphatic hydroxyl groups excluding tert-OH is 2. The number of carbonyl (C=O) groups is 2. The molecule has 0 unspecified atom stereocenters. The Kier molecular flexibility index (Phi) is 12.5. The van der Waals surface area contributed by atoms with Gasteiger partial charge in [-0.05, 0) is 70.8 Å². The van der Waals surface area contributed by atoms with E-state index in [9.17, 15) is 19.8 Å². The SMILES string of the molecule is O=C(NCc1cc(CNC(=O)[C@@H](O)c2ccccc2)cc([P+](c2ccccc2)(c2ccccc2)c2ccccc2)c1)[C@@H](O)c1ccccc1.[Br-]. The van der Waals surface area contributed by atoms with Crippen LogP contribution in [-0.2, 0) is 22.7 Å². The van der Waals surface area contributed by atoms with Crippen LogP contribution in [0.5, 0.6) is 0 Å². The molecule has 252 valence electrons. The van der Waals surface area contributed by atoms with Crippen molar-refractivity contribution in [1.29, 1.82) is 0 Å². The second-order valence-electron chi connectivity index (χ2n) is 11.7. The molecule has 0 radical (unpaired) electrons. The lowest BCUT2D eigenvalue weighted by Crippen LogP contribution is -3.00. The van der Waals surface area contributed by atoms with Crippen LogP contribution >= 0.6 is 7.26 Å². The van der Waals surface area contributed by atoms with E-state index in [1.54, 1.807) is 48.5 Å². The summed E-state index contributed by atoms with van der Waals surface area (Å²) in [7, 11) is -2.51. The van der Waals surface area contributed by atoms with Crippen LogP contribution in [-0.4, -0.2) is 22.0 Å². The molecule has 6 rings (SSSR count). The van der Waals surface area contributed by atoms with Crippen molar-refractivity contribution in [3.05, 3.63) is 192 Å². The van der Waals surface area contributed by atoms with Crippen molar-refractivity contribution in [3.8, 4) is 0 Å². The fraction of sp³-hybridized carbons (Fsp3) is 0.0952. The lowest BCUT2D eigenvalue weighted by atomic mass is 10.1. The number of amides is 2. The van der Waals surface area contributed by atoms with Crippen LogP contribution in [0.2, 0.25) is 0 Å². The summed E-state index contributed by atoms with van der Waals surface area (Å²) >= 11 is 0. The fourth-order valence-corrected chi connectivity index (χ4v) is 10.5. The highest BCUT2D eigenvalue weighted by Gasteiger charge is 2.48. The zero-order valence-electron chi connectivity index (χ0n) is 27.3. The first kappa shape index (κ1) is 36.4. The van der Waals surface area contributed by atoms with E-state index < -0.39 is 31.3 Å². The highest BCUT2D eigenvalue weighted by Crippen LogP contribution is 2.54. The Labute approximate surface area is 304 Å². The van der Waals surface area contributed by atoms with Crippen molar-refractivity contribution in [2.45, 2.75) is 25.3 Å². The maximum atomic E-state index is 13.1. The van der Waals surface area contributed by atoms with Crippen LogP contribution in [0.3, 0.4) is 0 Å². The molecule has 8 heteroatoms. The Morgan fingerprint density at radius 2 is 0.760 bits per heavy atom. The molecule has 2 atom stereocenters. The van der Waals surface area contributed by atoms with Gasteiger partial charge >= 0.3 is 0 Å². The van der Waals surface area contributed by atoms with Crippen molar-refractivity contribution < 1.29 is 36.8 Å². The van der Waals surface area contributed by atoms with Gasteiger partial charge < -0.3 is 37.8 Å². The zero-order valence-corrected chi connectivity index (χ0v) is 29.8. The van der Waals surface area contributed by atoms with Crippen LogP contribution in [0.15, 0.2) is 170 Å². The van der Waals surface area contributed by atoms with Gasteiger partial charge in [-0.1, -0.05) is 121 Å². The van der Waals surface area contributed by atoms with Crippen LogP contribution in [0.1, 0.15) is 34.5 Å². The van der Waals surface area contributed by atoms with Gasteiger partial charge in [-0.3, -0.25) is 9.59 Å². The predicted molar refractivity (Wildman–Crippen MR) is 198 cm³/mol. The second-order valence-corrected chi connectivity index (χ2v) is 15.2. The van der Waals surface area contributed by atoms with E-state index in [1.807, 2.05) is 36.4 Å². The number of halogens is 1. The van der Waals surface area contributed by atoms with Crippen molar-refractivity contribution in [1.82, 2.24) is 10.6 Å². The molecule has 0 saturated heterocycles. The van der Waals surface area contributed by atoms with Crippen LogP contribution in [0.25, 0.3) is 0 Å². The quantitative estimate of drug-likeness (QED) is 0.144. The largest absolute Gasteiger partial charge is 1.00 e. The Morgan fingerprint density at radius 3 is 1.08 bits per heavy atom. The molecule has 0 aliphatic carbocycles. The highest BCUT2D eigenvalue weighted by molar-refractivity contribution is 8.01. The molecule has 6 aromatic rings. The zero-order chi connectivity index (χ0) is 34.1. The average molecular weight is 746 g/mol. The topological polar surface area (TPSA) is 98.7 Å². The van der Waals surface area contributed by atoms with Crippen molar-refractivity contribution in [2.24, 2.45) is 0 Å². The summed E-state index contributed by atoms with van der Waals surface area (Å²) in [6, 6.07) is 55.2. The number of benzene rings is 6. The third kappa shape index (κ3) is 8.10. The minimum Gasteiger partial charge on any atom is -1.00 e. The van der Waals surface area contributed by atoms with E-state index in [-0.39, 0.29) is 30.1 Å². The lowest BCUT2D eigenvalue weighted by molar-refractivity contribution is -0.130. The van der Waals surface area contributed by atoms with Gasteiger partial charge in [0.05, 0.1) is 0 Å². The average Bonchev–Trinajstić information content (AvgIpc) is 3.17. The highest BCUT2D eigenvalue weighted by atomic mass is 79.9. The Hall–Kier alpha value is -4.91. The van der Waals surface area contributed by atoms with Gasteiger partial charge in [0.2, 0.25) is 0 Å². The van der Waals surface area contributed by atoms with E-state index in [4.69, 9.17) is 0 Å². The van der Waals surface area contributed by atoms with Crippen LogP contribution in [0.4, 0.5) is 0 Å². The summed E-state index contributed by atoms with van der Waals surface area (Å²) in [6.45, 7) is 0.311. The summed E-state index contributed by atoms with van der Waals surface area (Å²) in [6.07, 6.45) is -2.63. The maximum absolute atomic E-state index is 13.1. The number of aliphatic hydroxyl groups is 2. The number of hydrogen-bond acceptors (Lipinski definition) is 4. The lowest BCUT2D eigenvalue weighted by Gasteiger charge is -2.28. The van der Waals surface area contributed by atoms with Crippen LogP contribution < -0.4 is 48.8 Å². The summed E-state index contributed by atoms with van der Waals surface area (Å²) in [5.41, 5.74) is 2.64. The molecule has 0 aliphatic heterocycles. The molecule has 0 heterocycles. The molecule has 50 heavy (non-hydrogen) atoms. The summed E-state index contributed by atoms with van der Waals surface area (Å²) in [5.74, 6) is -1.01. The molecule has 4 N–H and O–H groups in total. The van der Waals surface area contributed by atoms with Gasteiger partial charge in [0.1, 0.15) is 28.5 Å². The van der Waals surface area contributed by atoms with Crippen LogP contribution in [0, 0.1) is 0 Å². The Balaban J connectivity index is 0.00000486. The van der Waals surface area contributed by atoms with E-state index >= 15 is 0 Å².